The van der Waals surface area contributed by atoms with Gasteiger partial charge in [0.05, 0.1) is 23.9 Å². The molecule has 100 valence electrons. The van der Waals surface area contributed by atoms with Crippen LogP contribution >= 0.6 is 11.6 Å². The second kappa shape index (κ2) is 5.81. The Morgan fingerprint density at radius 2 is 2.37 bits per heavy atom. The molecule has 0 aromatic carbocycles. The van der Waals surface area contributed by atoms with Crippen LogP contribution in [0.5, 0.6) is 0 Å². The Morgan fingerprint density at radius 3 is 3.00 bits per heavy atom. The van der Waals surface area contributed by atoms with Crippen molar-refractivity contribution in [2.24, 2.45) is 0 Å². The van der Waals surface area contributed by atoms with E-state index < -0.39 is 5.97 Å². The molecule has 0 spiro atoms. The number of aliphatic hydroxyl groups is 1. The van der Waals surface area contributed by atoms with E-state index in [1.807, 2.05) is 0 Å². The van der Waals surface area contributed by atoms with Crippen LogP contribution in [0.1, 0.15) is 23.1 Å². The molecule has 2 aromatic rings. The van der Waals surface area contributed by atoms with Crippen molar-refractivity contribution in [3.8, 4) is 5.82 Å². The quantitative estimate of drug-likeness (QED) is 0.861. The number of hydrogen-bond donors (Lipinski definition) is 1. The molecule has 2 rings (SSSR count). The monoisotopic (exact) mass is 281 g/mol. The predicted molar refractivity (Wildman–Crippen MR) is 68.2 cm³/mol. The third-order valence-electron chi connectivity index (χ3n) is 2.35. The average Bonchev–Trinajstić information content (AvgIpc) is 2.83. The summed E-state index contributed by atoms with van der Waals surface area (Å²) in [4.78, 5) is 15.9. The third kappa shape index (κ3) is 2.74. The molecule has 0 unspecified atom stereocenters. The number of nitrogens with zero attached hydrogens (tertiary/aromatic N) is 3. The first kappa shape index (κ1) is 13.5. The van der Waals surface area contributed by atoms with Crippen molar-refractivity contribution in [1.29, 1.82) is 0 Å². The van der Waals surface area contributed by atoms with Gasteiger partial charge >= 0.3 is 5.97 Å². The summed E-state index contributed by atoms with van der Waals surface area (Å²) < 4.78 is 6.21. The van der Waals surface area contributed by atoms with E-state index in [4.69, 9.17) is 21.4 Å². The highest BCUT2D eigenvalue weighted by Gasteiger charge is 2.19. The Kier molecular flexibility index (Phi) is 4.13. The van der Waals surface area contributed by atoms with Gasteiger partial charge in [-0.3, -0.25) is 0 Å². The van der Waals surface area contributed by atoms with Crippen molar-refractivity contribution in [1.82, 2.24) is 14.8 Å². The van der Waals surface area contributed by atoms with Crippen molar-refractivity contribution < 1.29 is 14.6 Å². The van der Waals surface area contributed by atoms with Crippen molar-refractivity contribution in [2.75, 3.05) is 6.61 Å². The summed E-state index contributed by atoms with van der Waals surface area (Å²) in [5, 5.41) is 13.6. The SMILES string of the molecule is CCOC(=O)c1cc(CO)nn1-c1ncccc1Cl. The summed E-state index contributed by atoms with van der Waals surface area (Å²) in [6, 6.07) is 4.76. The molecule has 0 saturated carbocycles. The molecular weight excluding hydrogens is 270 g/mol. The number of pyridine rings is 1. The van der Waals surface area contributed by atoms with Gasteiger partial charge in [0.2, 0.25) is 0 Å². The summed E-state index contributed by atoms with van der Waals surface area (Å²) in [5.41, 5.74) is 0.510. The van der Waals surface area contributed by atoms with Crippen LogP contribution in [0.2, 0.25) is 5.02 Å². The van der Waals surface area contributed by atoms with E-state index in [9.17, 15) is 4.79 Å². The highest BCUT2D eigenvalue weighted by atomic mass is 35.5. The van der Waals surface area contributed by atoms with E-state index in [-0.39, 0.29) is 18.9 Å². The standard InChI is InChI=1S/C12H12ClN3O3/c1-2-19-12(18)10-6-8(7-17)15-16(10)11-9(13)4-3-5-14-11/h3-6,17H,2,7H2,1H3. The first-order chi connectivity index (χ1) is 9.17. The fourth-order valence-electron chi connectivity index (χ4n) is 1.55. The lowest BCUT2D eigenvalue weighted by molar-refractivity contribution is 0.0515. The van der Waals surface area contributed by atoms with Crippen molar-refractivity contribution in [2.45, 2.75) is 13.5 Å². The van der Waals surface area contributed by atoms with Crippen LogP contribution in [-0.4, -0.2) is 32.4 Å². The zero-order valence-electron chi connectivity index (χ0n) is 10.2. The minimum atomic E-state index is -0.545. The first-order valence-electron chi connectivity index (χ1n) is 5.65. The summed E-state index contributed by atoms with van der Waals surface area (Å²) in [6.07, 6.45) is 1.54. The van der Waals surface area contributed by atoms with Crippen LogP contribution < -0.4 is 0 Å². The summed E-state index contributed by atoms with van der Waals surface area (Å²) in [7, 11) is 0. The number of rotatable bonds is 4. The molecule has 0 saturated heterocycles. The number of carbonyl (C=O) groups is 1. The van der Waals surface area contributed by atoms with E-state index in [0.29, 0.717) is 16.5 Å². The molecular formula is C12H12ClN3O3. The Hall–Kier alpha value is -1.92. The van der Waals surface area contributed by atoms with Gasteiger partial charge in [-0.1, -0.05) is 11.6 Å². The molecule has 0 radical (unpaired) electrons. The highest BCUT2D eigenvalue weighted by Crippen LogP contribution is 2.19. The van der Waals surface area contributed by atoms with E-state index in [2.05, 4.69) is 10.1 Å². The second-order valence-corrected chi connectivity index (χ2v) is 4.03. The van der Waals surface area contributed by atoms with Gasteiger partial charge in [0, 0.05) is 6.20 Å². The van der Waals surface area contributed by atoms with Crippen LogP contribution in [0.15, 0.2) is 24.4 Å². The molecule has 7 heteroatoms. The second-order valence-electron chi connectivity index (χ2n) is 3.62. The van der Waals surface area contributed by atoms with Crippen LogP contribution in [0.4, 0.5) is 0 Å². The molecule has 2 heterocycles. The number of hydrogen-bond acceptors (Lipinski definition) is 5. The lowest BCUT2D eigenvalue weighted by atomic mass is 10.3. The minimum absolute atomic E-state index is 0.173. The van der Waals surface area contributed by atoms with Crippen LogP contribution in [0, 0.1) is 0 Å². The first-order valence-corrected chi connectivity index (χ1v) is 6.03. The van der Waals surface area contributed by atoms with Crippen molar-refractivity contribution in [3.05, 3.63) is 40.8 Å². The topological polar surface area (TPSA) is 77.2 Å². The van der Waals surface area contributed by atoms with Crippen molar-refractivity contribution in [3.63, 3.8) is 0 Å². The molecule has 0 fully saturated rings. The average molecular weight is 282 g/mol. The molecule has 2 aromatic heterocycles. The Labute approximate surface area is 114 Å². The van der Waals surface area contributed by atoms with Crippen LogP contribution in [0.25, 0.3) is 5.82 Å². The van der Waals surface area contributed by atoms with Gasteiger partial charge in [0.15, 0.2) is 11.5 Å². The molecule has 0 atom stereocenters. The molecule has 0 aliphatic heterocycles. The molecule has 0 bridgehead atoms. The smallest absolute Gasteiger partial charge is 0.357 e. The minimum Gasteiger partial charge on any atom is -0.461 e. The van der Waals surface area contributed by atoms with E-state index in [0.717, 1.165) is 0 Å². The van der Waals surface area contributed by atoms with Gasteiger partial charge in [-0.25, -0.2) is 14.5 Å². The van der Waals surface area contributed by atoms with E-state index in [1.54, 1.807) is 19.1 Å². The van der Waals surface area contributed by atoms with Gasteiger partial charge < -0.3 is 9.84 Å². The molecule has 0 aliphatic carbocycles. The normalized spacial score (nSPS) is 10.5. The molecule has 0 aliphatic rings. The maximum Gasteiger partial charge on any atom is 0.357 e. The maximum absolute atomic E-state index is 11.8. The summed E-state index contributed by atoms with van der Waals surface area (Å²) >= 11 is 6.03. The number of aromatic nitrogens is 3. The Morgan fingerprint density at radius 1 is 1.58 bits per heavy atom. The molecule has 6 nitrogen and oxygen atoms in total. The highest BCUT2D eigenvalue weighted by molar-refractivity contribution is 6.32. The van der Waals surface area contributed by atoms with Gasteiger partial charge in [0.25, 0.3) is 0 Å². The fraction of sp³-hybridized carbons (Fsp3) is 0.250. The zero-order valence-corrected chi connectivity index (χ0v) is 11.0. The van der Waals surface area contributed by atoms with Crippen LogP contribution in [0.3, 0.4) is 0 Å². The maximum atomic E-state index is 11.8. The molecule has 19 heavy (non-hydrogen) atoms. The number of ether oxygens (including phenoxy) is 1. The lowest BCUT2D eigenvalue weighted by Crippen LogP contribution is -2.13. The fourth-order valence-corrected chi connectivity index (χ4v) is 1.75. The third-order valence-corrected chi connectivity index (χ3v) is 2.64. The molecule has 0 amide bonds. The van der Waals surface area contributed by atoms with Crippen molar-refractivity contribution >= 4 is 17.6 Å². The summed E-state index contributed by atoms with van der Waals surface area (Å²) in [6.45, 7) is 1.66. The number of halogens is 1. The van der Waals surface area contributed by atoms with E-state index >= 15 is 0 Å². The lowest BCUT2D eigenvalue weighted by Gasteiger charge is -2.06. The summed E-state index contributed by atoms with van der Waals surface area (Å²) in [5.74, 6) is -0.233. The zero-order chi connectivity index (χ0) is 13.8. The van der Waals surface area contributed by atoms with Gasteiger partial charge in [-0.15, -0.1) is 0 Å². The van der Waals surface area contributed by atoms with Crippen LogP contribution in [-0.2, 0) is 11.3 Å². The number of aliphatic hydroxyl groups excluding tert-OH is 1. The van der Waals surface area contributed by atoms with Gasteiger partial charge in [-0.05, 0) is 25.1 Å². The molecule has 1 N–H and O–H groups in total. The van der Waals surface area contributed by atoms with E-state index in [1.165, 1.54) is 16.9 Å². The Bertz CT molecular complexity index is 598. The largest absolute Gasteiger partial charge is 0.461 e. The number of carbonyl (C=O) groups excluding carboxylic acids is 1. The predicted octanol–water partition coefficient (Wildman–Crippen LogP) is 1.59. The van der Waals surface area contributed by atoms with Gasteiger partial charge in [0.1, 0.15) is 0 Å². The van der Waals surface area contributed by atoms with Gasteiger partial charge in [-0.2, -0.15) is 5.10 Å². The number of esters is 1. The Balaban J connectivity index is 2.53.